The zero-order valence-corrected chi connectivity index (χ0v) is 12.1. The molecule has 0 amide bonds. The van der Waals surface area contributed by atoms with Gasteiger partial charge in [-0.1, -0.05) is 0 Å². The molecule has 7 heteroatoms. The molecule has 0 aliphatic carbocycles. The summed E-state index contributed by atoms with van der Waals surface area (Å²) in [6.45, 7) is 0. The maximum atomic E-state index is 12.3. The van der Waals surface area contributed by atoms with E-state index in [1.165, 1.54) is 17.8 Å². The molecule has 0 unspecified atom stereocenters. The van der Waals surface area contributed by atoms with E-state index in [0.717, 1.165) is 21.6 Å². The molecule has 18 heavy (non-hydrogen) atoms. The van der Waals surface area contributed by atoms with E-state index in [0.29, 0.717) is 10.8 Å². The lowest BCUT2D eigenvalue weighted by molar-refractivity contribution is -0.137. The van der Waals surface area contributed by atoms with E-state index < -0.39 is 11.7 Å². The fourth-order valence-corrected chi connectivity index (χ4v) is 3.56. The van der Waals surface area contributed by atoms with Gasteiger partial charge in [0, 0.05) is 26.7 Å². The molecule has 2 heterocycles. The molecule has 0 bridgehead atoms. The van der Waals surface area contributed by atoms with Crippen LogP contribution >= 0.6 is 39.0 Å². The Balaban J connectivity index is 1.98. The van der Waals surface area contributed by atoms with Crippen molar-refractivity contribution in [2.75, 3.05) is 0 Å². The van der Waals surface area contributed by atoms with Gasteiger partial charge in [-0.15, -0.1) is 23.1 Å². The Bertz CT molecular complexity index is 522. The third kappa shape index (κ3) is 3.73. The Labute approximate surface area is 119 Å². The smallest absolute Gasteiger partial charge is 0.249 e. The van der Waals surface area contributed by atoms with Crippen LogP contribution in [0.25, 0.3) is 0 Å². The van der Waals surface area contributed by atoms with Crippen LogP contribution in [0.2, 0.25) is 0 Å². The predicted octanol–water partition coefficient (Wildman–Crippen LogP) is 5.22. The fourth-order valence-electron chi connectivity index (χ4n) is 1.21. The van der Waals surface area contributed by atoms with Gasteiger partial charge in [0.05, 0.1) is 10.6 Å². The molecule has 0 saturated carbocycles. The van der Waals surface area contributed by atoms with Crippen molar-refractivity contribution in [3.63, 3.8) is 0 Å². The molecule has 96 valence electrons. The zero-order chi connectivity index (χ0) is 13.2. The number of halogens is 4. The van der Waals surface area contributed by atoms with Gasteiger partial charge in [0.1, 0.15) is 0 Å². The Morgan fingerprint density at radius 2 is 2.11 bits per heavy atom. The van der Waals surface area contributed by atoms with E-state index in [1.807, 2.05) is 11.4 Å². The summed E-state index contributed by atoms with van der Waals surface area (Å²) in [6, 6.07) is 4.44. The van der Waals surface area contributed by atoms with Crippen LogP contribution in [-0.2, 0) is 11.9 Å². The quantitative estimate of drug-likeness (QED) is 0.702. The number of nitrogens with zero attached hydrogens (tertiary/aromatic N) is 1. The highest BCUT2D eigenvalue weighted by atomic mass is 79.9. The zero-order valence-electron chi connectivity index (χ0n) is 8.87. The predicted molar refractivity (Wildman–Crippen MR) is 70.8 cm³/mol. The topological polar surface area (TPSA) is 12.9 Å². The Morgan fingerprint density at radius 3 is 2.61 bits per heavy atom. The highest BCUT2D eigenvalue weighted by Gasteiger charge is 2.30. The summed E-state index contributed by atoms with van der Waals surface area (Å²) < 4.78 is 38.0. The second-order valence-corrected chi connectivity index (χ2v) is 6.31. The maximum Gasteiger partial charge on any atom is 0.417 e. The molecule has 0 atom stereocenters. The summed E-state index contributed by atoms with van der Waals surface area (Å²) in [7, 11) is 0. The molecule has 0 spiro atoms. The van der Waals surface area contributed by atoms with Crippen LogP contribution in [0, 0.1) is 0 Å². The lowest BCUT2D eigenvalue weighted by Crippen LogP contribution is -2.05. The van der Waals surface area contributed by atoms with Crippen LogP contribution in [0.3, 0.4) is 0 Å². The van der Waals surface area contributed by atoms with Crippen molar-refractivity contribution < 1.29 is 13.2 Å². The summed E-state index contributed by atoms with van der Waals surface area (Å²) in [5, 5.41) is 2.56. The summed E-state index contributed by atoms with van der Waals surface area (Å²) in [5.74, 6) is 0.703. The van der Waals surface area contributed by atoms with Gasteiger partial charge >= 0.3 is 6.18 Å². The van der Waals surface area contributed by atoms with Crippen LogP contribution in [0.5, 0.6) is 0 Å². The maximum absolute atomic E-state index is 12.3. The normalized spacial score (nSPS) is 11.8. The number of pyridine rings is 1. The van der Waals surface area contributed by atoms with Crippen molar-refractivity contribution in [1.82, 2.24) is 4.98 Å². The first kappa shape index (κ1) is 13.9. The van der Waals surface area contributed by atoms with Crippen molar-refractivity contribution in [3.05, 3.63) is 44.7 Å². The highest BCUT2D eigenvalue weighted by molar-refractivity contribution is 9.10. The summed E-state index contributed by atoms with van der Waals surface area (Å²) >= 11 is 6.37. The molecular formula is C11H7BrF3NS2. The molecule has 2 aromatic heterocycles. The van der Waals surface area contributed by atoms with Crippen LogP contribution in [-0.4, -0.2) is 4.98 Å². The van der Waals surface area contributed by atoms with Crippen molar-refractivity contribution in [2.24, 2.45) is 0 Å². The van der Waals surface area contributed by atoms with Crippen LogP contribution in [0.4, 0.5) is 13.2 Å². The second-order valence-electron chi connectivity index (χ2n) is 3.40. The molecule has 0 aliphatic heterocycles. The lowest BCUT2D eigenvalue weighted by atomic mass is 10.3. The molecule has 0 aromatic carbocycles. The van der Waals surface area contributed by atoms with E-state index in [2.05, 4.69) is 20.9 Å². The van der Waals surface area contributed by atoms with Crippen LogP contribution in [0.15, 0.2) is 39.3 Å². The van der Waals surface area contributed by atoms with E-state index in [9.17, 15) is 13.2 Å². The van der Waals surface area contributed by atoms with Gasteiger partial charge in [0.15, 0.2) is 0 Å². The number of thioether (sulfide) groups is 1. The molecule has 2 aromatic rings. The first-order chi connectivity index (χ1) is 8.45. The largest absolute Gasteiger partial charge is 0.417 e. The molecule has 1 nitrogen and oxygen atoms in total. The summed E-state index contributed by atoms with van der Waals surface area (Å²) in [5.41, 5.74) is -0.717. The fraction of sp³-hybridized carbons (Fsp3) is 0.182. The average molecular weight is 354 g/mol. The summed E-state index contributed by atoms with van der Waals surface area (Å²) in [4.78, 5) is 4.95. The van der Waals surface area contributed by atoms with Gasteiger partial charge in [-0.3, -0.25) is 0 Å². The molecular weight excluding hydrogens is 347 g/mol. The SMILES string of the molecule is FC(F)(F)c1ccc(SCc2cc(Br)cs2)nc1. The average Bonchev–Trinajstić information content (AvgIpc) is 2.72. The van der Waals surface area contributed by atoms with E-state index in [-0.39, 0.29) is 0 Å². The van der Waals surface area contributed by atoms with Crippen molar-refractivity contribution in [1.29, 1.82) is 0 Å². The van der Waals surface area contributed by atoms with Crippen LogP contribution in [0.1, 0.15) is 10.4 Å². The Morgan fingerprint density at radius 1 is 1.33 bits per heavy atom. The van der Waals surface area contributed by atoms with Gasteiger partial charge in [-0.2, -0.15) is 13.2 Å². The molecule has 2 rings (SSSR count). The number of hydrogen-bond donors (Lipinski definition) is 0. The minimum absolute atomic E-state index is 0.590. The van der Waals surface area contributed by atoms with Crippen LogP contribution < -0.4 is 0 Å². The van der Waals surface area contributed by atoms with E-state index in [4.69, 9.17) is 0 Å². The standard InChI is InChI=1S/C11H7BrF3NS2/c12-8-3-9(17-5-8)6-18-10-2-1-7(4-16-10)11(13,14)15/h1-5H,6H2. The minimum atomic E-state index is -4.32. The first-order valence-electron chi connectivity index (χ1n) is 4.84. The molecule has 0 aliphatic rings. The third-order valence-corrected chi connectivity index (χ3v) is 4.92. The lowest BCUT2D eigenvalue weighted by Gasteiger charge is -2.06. The highest BCUT2D eigenvalue weighted by Crippen LogP contribution is 2.31. The van der Waals surface area contributed by atoms with Gasteiger partial charge in [-0.25, -0.2) is 4.98 Å². The minimum Gasteiger partial charge on any atom is -0.249 e. The number of aromatic nitrogens is 1. The van der Waals surface area contributed by atoms with Crippen molar-refractivity contribution in [2.45, 2.75) is 17.0 Å². The Kier molecular flexibility index (Phi) is 4.34. The Hall–Kier alpha value is -0.530. The molecule has 0 saturated heterocycles. The van der Waals surface area contributed by atoms with Gasteiger partial charge in [-0.05, 0) is 34.1 Å². The van der Waals surface area contributed by atoms with E-state index in [1.54, 1.807) is 11.3 Å². The molecule has 0 fully saturated rings. The molecule has 0 N–H and O–H groups in total. The first-order valence-corrected chi connectivity index (χ1v) is 7.50. The number of hydrogen-bond acceptors (Lipinski definition) is 3. The number of alkyl halides is 3. The molecule has 0 radical (unpaired) electrons. The van der Waals surface area contributed by atoms with Gasteiger partial charge < -0.3 is 0 Å². The third-order valence-electron chi connectivity index (χ3n) is 2.05. The van der Waals surface area contributed by atoms with E-state index >= 15 is 0 Å². The summed E-state index contributed by atoms with van der Waals surface area (Å²) in [6.07, 6.45) is -3.46. The monoisotopic (exact) mass is 353 g/mol. The van der Waals surface area contributed by atoms with Crippen molar-refractivity contribution >= 4 is 39.0 Å². The number of rotatable bonds is 3. The van der Waals surface area contributed by atoms with Crippen molar-refractivity contribution in [3.8, 4) is 0 Å². The van der Waals surface area contributed by atoms with Gasteiger partial charge in [0.25, 0.3) is 0 Å². The number of thiophene rings is 1. The second kappa shape index (κ2) is 5.63. The van der Waals surface area contributed by atoms with Gasteiger partial charge in [0.2, 0.25) is 0 Å².